The first-order valence-electron chi connectivity index (χ1n) is 3.25. The van der Waals surface area contributed by atoms with Gasteiger partial charge >= 0.3 is 5.97 Å². The number of aldehydes is 1. The van der Waals surface area contributed by atoms with E-state index in [2.05, 4.69) is 4.74 Å². The SMILES string of the molecule is COC(=O)C1CN1/C=C\C=O. The summed E-state index contributed by atoms with van der Waals surface area (Å²) in [6.07, 6.45) is 3.60. The van der Waals surface area contributed by atoms with E-state index in [1.165, 1.54) is 13.2 Å². The van der Waals surface area contributed by atoms with Gasteiger partial charge < -0.3 is 9.64 Å². The zero-order valence-corrected chi connectivity index (χ0v) is 6.19. The van der Waals surface area contributed by atoms with Crippen LogP contribution in [0.5, 0.6) is 0 Å². The van der Waals surface area contributed by atoms with Gasteiger partial charge in [-0.15, -0.1) is 0 Å². The number of hydrogen-bond donors (Lipinski definition) is 0. The molecule has 1 saturated heterocycles. The van der Waals surface area contributed by atoms with E-state index in [1.54, 1.807) is 11.1 Å². The second kappa shape index (κ2) is 3.18. The van der Waals surface area contributed by atoms with E-state index in [0.29, 0.717) is 12.8 Å². The van der Waals surface area contributed by atoms with Crippen molar-refractivity contribution < 1.29 is 14.3 Å². The van der Waals surface area contributed by atoms with E-state index in [1.807, 2.05) is 0 Å². The molecular formula is C7H9NO3. The molecule has 1 fully saturated rings. The Morgan fingerprint density at radius 2 is 2.45 bits per heavy atom. The lowest BCUT2D eigenvalue weighted by molar-refractivity contribution is -0.140. The highest BCUT2D eigenvalue weighted by Crippen LogP contribution is 2.18. The average Bonchev–Trinajstić information content (AvgIpc) is 2.78. The highest BCUT2D eigenvalue weighted by Gasteiger charge is 2.38. The van der Waals surface area contributed by atoms with Crippen LogP contribution >= 0.6 is 0 Å². The standard InChI is InChI=1S/C7H9NO3/c1-11-7(10)6-5-8(6)3-2-4-9/h2-4,6H,5H2,1H3/b3-2-. The van der Waals surface area contributed by atoms with Crippen LogP contribution in [0.25, 0.3) is 0 Å². The molecule has 0 N–H and O–H groups in total. The Hall–Kier alpha value is -1.32. The smallest absolute Gasteiger partial charge is 0.330 e. The number of carbonyl (C=O) groups is 2. The van der Waals surface area contributed by atoms with Gasteiger partial charge in [0.15, 0.2) is 0 Å². The van der Waals surface area contributed by atoms with Crippen LogP contribution in [0.3, 0.4) is 0 Å². The van der Waals surface area contributed by atoms with E-state index in [9.17, 15) is 9.59 Å². The van der Waals surface area contributed by atoms with Crippen LogP contribution in [0.4, 0.5) is 0 Å². The van der Waals surface area contributed by atoms with Crippen LogP contribution in [-0.2, 0) is 14.3 Å². The van der Waals surface area contributed by atoms with Crippen molar-refractivity contribution in [2.45, 2.75) is 6.04 Å². The maximum atomic E-state index is 10.8. The lowest BCUT2D eigenvalue weighted by Crippen LogP contribution is -2.11. The third kappa shape index (κ3) is 1.80. The van der Waals surface area contributed by atoms with Gasteiger partial charge in [0.25, 0.3) is 0 Å². The molecule has 0 aliphatic carbocycles. The molecular weight excluding hydrogens is 146 g/mol. The molecule has 1 heterocycles. The van der Waals surface area contributed by atoms with Gasteiger partial charge in [-0.3, -0.25) is 4.79 Å². The minimum atomic E-state index is -0.249. The molecule has 1 unspecified atom stereocenters. The first-order valence-corrected chi connectivity index (χ1v) is 3.25. The van der Waals surface area contributed by atoms with E-state index in [0.717, 1.165) is 0 Å². The van der Waals surface area contributed by atoms with Gasteiger partial charge in [-0.05, 0) is 6.08 Å². The van der Waals surface area contributed by atoms with Gasteiger partial charge in [0.05, 0.1) is 7.11 Å². The Bertz CT molecular complexity index is 200. The molecule has 1 aliphatic rings. The van der Waals surface area contributed by atoms with E-state index >= 15 is 0 Å². The van der Waals surface area contributed by atoms with Gasteiger partial charge in [0.1, 0.15) is 12.3 Å². The fourth-order valence-electron chi connectivity index (χ4n) is 0.809. The van der Waals surface area contributed by atoms with Crippen LogP contribution in [0, 0.1) is 0 Å². The van der Waals surface area contributed by atoms with Crippen molar-refractivity contribution in [3.63, 3.8) is 0 Å². The quantitative estimate of drug-likeness (QED) is 0.240. The van der Waals surface area contributed by atoms with Crippen molar-refractivity contribution in [1.82, 2.24) is 4.90 Å². The number of carbonyl (C=O) groups excluding carboxylic acids is 2. The Morgan fingerprint density at radius 3 is 3.00 bits per heavy atom. The second-order valence-corrected chi connectivity index (χ2v) is 2.21. The van der Waals surface area contributed by atoms with Crippen molar-refractivity contribution in [1.29, 1.82) is 0 Å². The first kappa shape index (κ1) is 7.78. The molecule has 0 amide bonds. The maximum Gasteiger partial charge on any atom is 0.330 e. The Kier molecular flexibility index (Phi) is 2.25. The predicted octanol–water partition coefficient (Wildman–Crippen LogP) is -0.444. The van der Waals surface area contributed by atoms with Crippen molar-refractivity contribution in [2.24, 2.45) is 0 Å². The van der Waals surface area contributed by atoms with Gasteiger partial charge in [0.2, 0.25) is 0 Å². The van der Waals surface area contributed by atoms with Crippen LogP contribution in [0.2, 0.25) is 0 Å². The normalized spacial score (nSPS) is 21.9. The van der Waals surface area contributed by atoms with Gasteiger partial charge in [-0.1, -0.05) is 0 Å². The number of allylic oxidation sites excluding steroid dienone is 1. The highest BCUT2D eigenvalue weighted by molar-refractivity contribution is 5.79. The summed E-state index contributed by atoms with van der Waals surface area (Å²) in [7, 11) is 1.35. The number of hydrogen-bond acceptors (Lipinski definition) is 4. The number of methoxy groups -OCH3 is 1. The zero-order valence-electron chi connectivity index (χ0n) is 6.19. The molecule has 0 aromatic rings. The van der Waals surface area contributed by atoms with Crippen molar-refractivity contribution in [3.8, 4) is 0 Å². The largest absolute Gasteiger partial charge is 0.467 e. The molecule has 0 saturated carbocycles. The minimum absolute atomic E-state index is 0.170. The zero-order chi connectivity index (χ0) is 8.27. The molecule has 11 heavy (non-hydrogen) atoms. The fraction of sp³-hybridized carbons (Fsp3) is 0.429. The molecule has 60 valence electrons. The van der Waals surface area contributed by atoms with Gasteiger partial charge in [0, 0.05) is 12.7 Å². The van der Waals surface area contributed by atoms with E-state index < -0.39 is 0 Å². The summed E-state index contributed by atoms with van der Waals surface area (Å²) in [5.41, 5.74) is 0. The van der Waals surface area contributed by atoms with Crippen molar-refractivity contribution >= 4 is 12.3 Å². The third-order valence-corrected chi connectivity index (χ3v) is 1.48. The number of ether oxygens (including phenoxy) is 1. The van der Waals surface area contributed by atoms with Crippen molar-refractivity contribution in [3.05, 3.63) is 12.3 Å². The molecule has 0 aromatic heterocycles. The topological polar surface area (TPSA) is 46.4 Å². The molecule has 0 spiro atoms. The Balaban J connectivity index is 2.31. The van der Waals surface area contributed by atoms with Crippen LogP contribution in [0.15, 0.2) is 12.3 Å². The number of rotatable bonds is 3. The Labute approximate surface area is 64.4 Å². The maximum absolute atomic E-state index is 10.8. The highest BCUT2D eigenvalue weighted by atomic mass is 16.5. The summed E-state index contributed by atoms with van der Waals surface area (Å²) in [6.45, 7) is 0.650. The fourth-order valence-corrected chi connectivity index (χ4v) is 0.809. The first-order chi connectivity index (χ1) is 5.29. The molecule has 4 heteroatoms. The van der Waals surface area contributed by atoms with Crippen molar-refractivity contribution in [2.75, 3.05) is 13.7 Å². The predicted molar refractivity (Wildman–Crippen MR) is 37.7 cm³/mol. The summed E-state index contributed by atoms with van der Waals surface area (Å²) in [4.78, 5) is 22.3. The number of esters is 1. The minimum Gasteiger partial charge on any atom is -0.467 e. The lowest BCUT2D eigenvalue weighted by Gasteiger charge is -1.94. The summed E-state index contributed by atoms with van der Waals surface area (Å²) in [5.74, 6) is -0.249. The molecule has 0 aromatic carbocycles. The molecule has 4 nitrogen and oxygen atoms in total. The molecule has 0 radical (unpaired) electrons. The Morgan fingerprint density at radius 1 is 1.73 bits per heavy atom. The van der Waals surface area contributed by atoms with Gasteiger partial charge in [-0.2, -0.15) is 0 Å². The summed E-state index contributed by atoms with van der Waals surface area (Å²) >= 11 is 0. The van der Waals surface area contributed by atoms with Crippen LogP contribution in [0.1, 0.15) is 0 Å². The summed E-state index contributed by atoms with van der Waals surface area (Å²) < 4.78 is 4.48. The molecule has 1 rings (SSSR count). The molecule has 0 bridgehead atoms. The molecule has 1 aliphatic heterocycles. The monoisotopic (exact) mass is 155 g/mol. The van der Waals surface area contributed by atoms with Crippen LogP contribution in [-0.4, -0.2) is 36.9 Å². The van der Waals surface area contributed by atoms with E-state index in [-0.39, 0.29) is 12.0 Å². The second-order valence-electron chi connectivity index (χ2n) is 2.21. The summed E-state index contributed by atoms with van der Waals surface area (Å²) in [6, 6.07) is -0.170. The van der Waals surface area contributed by atoms with Gasteiger partial charge in [-0.25, -0.2) is 4.79 Å². The average molecular weight is 155 g/mol. The lowest BCUT2D eigenvalue weighted by atomic mass is 10.5. The molecule has 1 atom stereocenters. The summed E-state index contributed by atoms with van der Waals surface area (Å²) in [5, 5.41) is 0. The van der Waals surface area contributed by atoms with E-state index in [4.69, 9.17) is 0 Å². The van der Waals surface area contributed by atoms with Crippen LogP contribution < -0.4 is 0 Å². The third-order valence-electron chi connectivity index (χ3n) is 1.48. The number of nitrogens with zero attached hydrogens (tertiary/aromatic N) is 1.